The molecule has 0 aromatic carbocycles. The molecule has 0 amide bonds. The topological polar surface area (TPSA) is 86.2 Å². The molecule has 1 aliphatic heterocycles. The van der Waals surface area contributed by atoms with Crippen LogP contribution in [0.4, 0.5) is 0 Å². The summed E-state index contributed by atoms with van der Waals surface area (Å²) in [6.45, 7) is 2.15. The van der Waals surface area contributed by atoms with E-state index in [1.807, 2.05) is 6.92 Å². The molecule has 5 nitrogen and oxygen atoms in total. The third kappa shape index (κ3) is 2.12. The van der Waals surface area contributed by atoms with Gasteiger partial charge in [0.25, 0.3) is 0 Å². The molecule has 2 rings (SSSR count). The molecule has 1 fully saturated rings. The summed E-state index contributed by atoms with van der Waals surface area (Å²) in [5.41, 5.74) is 4.97. The number of nitrogens with two attached hydrogens (primary N) is 1. The third-order valence-corrected chi connectivity index (χ3v) is 5.03. The lowest BCUT2D eigenvalue weighted by Gasteiger charge is -2.30. The smallest absolute Gasteiger partial charge is 0.208 e. The van der Waals surface area contributed by atoms with Crippen molar-refractivity contribution in [2.75, 3.05) is 11.5 Å². The van der Waals surface area contributed by atoms with Crippen molar-refractivity contribution in [3.8, 4) is 0 Å². The predicted octanol–water partition coefficient (Wildman–Crippen LogP) is 0.600. The monoisotopic (exact) mass is 244 g/mol. The van der Waals surface area contributed by atoms with Gasteiger partial charge in [-0.2, -0.15) is 0 Å². The molecule has 2 N–H and O–H groups in total. The van der Waals surface area contributed by atoms with Crippen molar-refractivity contribution in [2.24, 2.45) is 5.73 Å². The van der Waals surface area contributed by atoms with Crippen LogP contribution in [-0.4, -0.2) is 24.9 Å². The Morgan fingerprint density at radius 3 is 2.94 bits per heavy atom. The third-order valence-electron chi connectivity index (χ3n) is 3.05. The first-order valence-electron chi connectivity index (χ1n) is 5.31. The van der Waals surface area contributed by atoms with Crippen molar-refractivity contribution in [1.29, 1.82) is 0 Å². The van der Waals surface area contributed by atoms with Crippen LogP contribution in [0.15, 0.2) is 10.6 Å². The molecule has 0 aliphatic carbocycles. The summed E-state index contributed by atoms with van der Waals surface area (Å²) in [5, 5.41) is 0. The van der Waals surface area contributed by atoms with E-state index in [9.17, 15) is 8.42 Å². The molecule has 0 bridgehead atoms. The lowest BCUT2D eigenvalue weighted by atomic mass is 9.85. The van der Waals surface area contributed by atoms with Crippen molar-refractivity contribution >= 4 is 9.84 Å². The van der Waals surface area contributed by atoms with Gasteiger partial charge in [-0.05, 0) is 12.8 Å². The van der Waals surface area contributed by atoms with Gasteiger partial charge in [-0.3, -0.25) is 0 Å². The van der Waals surface area contributed by atoms with E-state index in [4.69, 9.17) is 10.2 Å². The lowest BCUT2D eigenvalue weighted by Crippen LogP contribution is -2.37. The fourth-order valence-electron chi connectivity index (χ4n) is 2.19. The quantitative estimate of drug-likeness (QED) is 0.823. The van der Waals surface area contributed by atoms with E-state index >= 15 is 0 Å². The van der Waals surface area contributed by atoms with Crippen LogP contribution in [0.2, 0.25) is 0 Å². The summed E-state index contributed by atoms with van der Waals surface area (Å²) in [5.74, 6) is 1.51. The molecule has 0 saturated carbocycles. The fourth-order valence-corrected chi connectivity index (χ4v) is 4.18. The van der Waals surface area contributed by atoms with Gasteiger partial charge >= 0.3 is 0 Å². The number of oxazole rings is 1. The van der Waals surface area contributed by atoms with Crippen molar-refractivity contribution < 1.29 is 12.8 Å². The van der Waals surface area contributed by atoms with Crippen molar-refractivity contribution in [3.63, 3.8) is 0 Å². The fraction of sp³-hybridized carbons (Fsp3) is 0.700. The van der Waals surface area contributed by atoms with E-state index in [-0.39, 0.29) is 18.1 Å². The molecular formula is C10H16N2O3S. The molecule has 1 atom stereocenters. The van der Waals surface area contributed by atoms with Crippen molar-refractivity contribution in [3.05, 3.63) is 17.8 Å². The number of hydrogen-bond donors (Lipinski definition) is 1. The Kier molecular flexibility index (Phi) is 2.79. The number of nitrogens with zero attached hydrogens (tertiary/aromatic N) is 1. The maximum Gasteiger partial charge on any atom is 0.208 e. The van der Waals surface area contributed by atoms with Gasteiger partial charge in [0, 0.05) is 5.41 Å². The van der Waals surface area contributed by atoms with E-state index in [1.54, 1.807) is 6.20 Å². The summed E-state index contributed by atoms with van der Waals surface area (Å²) in [4.78, 5) is 4.02. The van der Waals surface area contributed by atoms with E-state index in [1.165, 1.54) is 0 Å². The summed E-state index contributed by atoms with van der Waals surface area (Å²) in [6, 6.07) is 0. The van der Waals surface area contributed by atoms with Gasteiger partial charge in [0.2, 0.25) is 5.89 Å². The van der Waals surface area contributed by atoms with Gasteiger partial charge in [-0.1, -0.05) is 6.92 Å². The van der Waals surface area contributed by atoms with Gasteiger partial charge in [-0.15, -0.1) is 0 Å². The lowest BCUT2D eigenvalue weighted by molar-refractivity contribution is 0.338. The summed E-state index contributed by atoms with van der Waals surface area (Å²) in [7, 11) is -2.96. The molecule has 2 heterocycles. The summed E-state index contributed by atoms with van der Waals surface area (Å²) >= 11 is 0. The maximum atomic E-state index is 11.6. The molecule has 16 heavy (non-hydrogen) atoms. The zero-order valence-corrected chi connectivity index (χ0v) is 10.1. The van der Waals surface area contributed by atoms with Crippen molar-refractivity contribution in [1.82, 2.24) is 4.98 Å². The molecular weight excluding hydrogens is 228 g/mol. The number of sulfone groups is 1. The zero-order chi connectivity index (χ0) is 11.8. The minimum Gasteiger partial charge on any atom is -0.444 e. The first kappa shape index (κ1) is 11.6. The van der Waals surface area contributed by atoms with E-state index in [0.717, 1.165) is 6.42 Å². The molecule has 6 heteroatoms. The Morgan fingerprint density at radius 1 is 1.62 bits per heavy atom. The number of hydrogen-bond acceptors (Lipinski definition) is 5. The molecule has 0 spiro atoms. The first-order valence-corrected chi connectivity index (χ1v) is 7.13. The Morgan fingerprint density at radius 2 is 2.38 bits per heavy atom. The van der Waals surface area contributed by atoms with Crippen LogP contribution in [0.1, 0.15) is 31.4 Å². The maximum absolute atomic E-state index is 11.6. The highest BCUT2D eigenvalue weighted by atomic mass is 32.2. The van der Waals surface area contributed by atoms with Crippen molar-refractivity contribution in [2.45, 2.75) is 31.7 Å². The zero-order valence-electron chi connectivity index (χ0n) is 9.27. The highest BCUT2D eigenvalue weighted by molar-refractivity contribution is 7.91. The van der Waals surface area contributed by atoms with Gasteiger partial charge in [0.15, 0.2) is 9.84 Å². The van der Waals surface area contributed by atoms with Gasteiger partial charge in [-0.25, -0.2) is 13.4 Å². The standard InChI is InChI=1S/C10H16N2O3S/c1-10(3-2-4-16(13,14)7-10)8-6-12-9(5-11)15-8/h6H,2-5,7,11H2,1H3. The predicted molar refractivity (Wildman–Crippen MR) is 59.6 cm³/mol. The second-order valence-corrected chi connectivity index (χ2v) is 6.76. The van der Waals surface area contributed by atoms with E-state index in [0.29, 0.717) is 18.1 Å². The highest BCUT2D eigenvalue weighted by Crippen LogP contribution is 2.35. The van der Waals surface area contributed by atoms with Crippen LogP contribution in [0.5, 0.6) is 0 Å². The van der Waals surface area contributed by atoms with Gasteiger partial charge in [0.1, 0.15) is 5.76 Å². The molecule has 1 aromatic rings. The average molecular weight is 244 g/mol. The molecule has 1 aliphatic rings. The Bertz CT molecular complexity index is 480. The first-order chi connectivity index (χ1) is 7.45. The second kappa shape index (κ2) is 3.85. The van der Waals surface area contributed by atoms with Crippen LogP contribution in [-0.2, 0) is 21.8 Å². The molecule has 0 radical (unpaired) electrons. The molecule has 1 aromatic heterocycles. The molecule has 1 unspecified atom stereocenters. The van der Waals surface area contributed by atoms with Crippen LogP contribution >= 0.6 is 0 Å². The Balaban J connectivity index is 2.31. The normalized spacial score (nSPS) is 29.1. The average Bonchev–Trinajstić information content (AvgIpc) is 2.64. The number of aromatic nitrogens is 1. The minimum absolute atomic E-state index is 0.138. The van der Waals surface area contributed by atoms with Crippen LogP contribution < -0.4 is 5.73 Å². The SMILES string of the molecule is CC1(c2cnc(CN)o2)CCCS(=O)(=O)C1. The van der Waals surface area contributed by atoms with Gasteiger partial charge in [0.05, 0.1) is 24.2 Å². The highest BCUT2D eigenvalue weighted by Gasteiger charge is 2.39. The Hall–Kier alpha value is -0.880. The van der Waals surface area contributed by atoms with Crippen LogP contribution in [0.25, 0.3) is 0 Å². The van der Waals surface area contributed by atoms with E-state index < -0.39 is 15.3 Å². The largest absolute Gasteiger partial charge is 0.444 e. The van der Waals surface area contributed by atoms with Crippen LogP contribution in [0.3, 0.4) is 0 Å². The Labute approximate surface area is 95.0 Å². The summed E-state index contributed by atoms with van der Waals surface area (Å²) < 4.78 is 28.7. The van der Waals surface area contributed by atoms with Gasteiger partial charge < -0.3 is 10.2 Å². The van der Waals surface area contributed by atoms with Crippen LogP contribution in [0, 0.1) is 0 Å². The van der Waals surface area contributed by atoms with E-state index in [2.05, 4.69) is 4.98 Å². The summed E-state index contributed by atoms with van der Waals surface area (Å²) in [6.07, 6.45) is 3.09. The molecule has 1 saturated heterocycles. The molecule has 90 valence electrons. The number of rotatable bonds is 2. The minimum atomic E-state index is -2.96. The second-order valence-electron chi connectivity index (χ2n) is 4.58.